The molecule has 0 aliphatic carbocycles. The predicted molar refractivity (Wildman–Crippen MR) is 69.1 cm³/mol. The molecule has 0 radical (unpaired) electrons. The minimum Gasteiger partial charge on any atom is -0.354 e. The Bertz CT molecular complexity index is 351. The third-order valence-corrected chi connectivity index (χ3v) is 2.87. The standard InChI is InChI=1S/C12H20ClN3O/c1-3-4-5-6-7-14-12(17)10(2)16-9-11(13)8-15-16/h8-10H,3-7H2,1-2H3,(H,14,17). The molecule has 1 unspecified atom stereocenters. The molecular weight excluding hydrogens is 238 g/mol. The molecular formula is C12H20ClN3O. The Hall–Kier alpha value is -1.03. The molecule has 96 valence electrons. The van der Waals surface area contributed by atoms with Crippen LogP contribution in [0.5, 0.6) is 0 Å². The molecule has 1 aromatic heterocycles. The van der Waals surface area contributed by atoms with E-state index in [2.05, 4.69) is 17.3 Å². The van der Waals surface area contributed by atoms with Crippen molar-refractivity contribution in [3.05, 3.63) is 17.4 Å². The molecule has 17 heavy (non-hydrogen) atoms. The Kier molecular flexibility index (Phi) is 6.05. The van der Waals surface area contributed by atoms with Crippen LogP contribution in [0.2, 0.25) is 5.02 Å². The van der Waals surface area contributed by atoms with Gasteiger partial charge in [-0.05, 0) is 13.3 Å². The van der Waals surface area contributed by atoms with Crippen molar-refractivity contribution in [2.45, 2.75) is 45.6 Å². The van der Waals surface area contributed by atoms with E-state index in [4.69, 9.17) is 11.6 Å². The fraction of sp³-hybridized carbons (Fsp3) is 0.667. The summed E-state index contributed by atoms with van der Waals surface area (Å²) in [5, 5.41) is 7.47. The van der Waals surface area contributed by atoms with Crippen LogP contribution in [0.1, 0.15) is 45.6 Å². The molecule has 0 aliphatic heterocycles. The Morgan fingerprint density at radius 2 is 2.29 bits per heavy atom. The number of nitrogens with zero attached hydrogens (tertiary/aromatic N) is 2. The van der Waals surface area contributed by atoms with Crippen molar-refractivity contribution in [2.24, 2.45) is 0 Å². The first kappa shape index (κ1) is 14.0. The molecule has 0 saturated heterocycles. The summed E-state index contributed by atoms with van der Waals surface area (Å²) >= 11 is 5.76. The largest absolute Gasteiger partial charge is 0.354 e. The third kappa shape index (κ3) is 4.77. The van der Waals surface area contributed by atoms with E-state index in [1.54, 1.807) is 10.9 Å². The molecule has 1 heterocycles. The second kappa shape index (κ2) is 7.33. The van der Waals surface area contributed by atoms with Crippen LogP contribution in [0.15, 0.2) is 12.4 Å². The van der Waals surface area contributed by atoms with E-state index in [-0.39, 0.29) is 11.9 Å². The van der Waals surface area contributed by atoms with Crippen LogP contribution in [-0.4, -0.2) is 22.2 Å². The van der Waals surface area contributed by atoms with E-state index >= 15 is 0 Å². The van der Waals surface area contributed by atoms with Crippen molar-refractivity contribution >= 4 is 17.5 Å². The topological polar surface area (TPSA) is 46.9 Å². The van der Waals surface area contributed by atoms with Crippen molar-refractivity contribution in [3.8, 4) is 0 Å². The Labute approximate surface area is 107 Å². The van der Waals surface area contributed by atoms with Gasteiger partial charge in [-0.1, -0.05) is 37.8 Å². The van der Waals surface area contributed by atoms with Gasteiger partial charge in [-0.15, -0.1) is 0 Å². The molecule has 1 rings (SSSR count). The first-order valence-corrected chi connectivity index (χ1v) is 6.50. The minimum atomic E-state index is -0.311. The zero-order chi connectivity index (χ0) is 12.7. The summed E-state index contributed by atoms with van der Waals surface area (Å²) in [7, 11) is 0. The van der Waals surface area contributed by atoms with Gasteiger partial charge in [0.25, 0.3) is 0 Å². The second-order valence-electron chi connectivity index (χ2n) is 4.17. The van der Waals surface area contributed by atoms with Crippen LogP contribution >= 0.6 is 11.6 Å². The fourth-order valence-electron chi connectivity index (χ4n) is 1.56. The fourth-order valence-corrected chi connectivity index (χ4v) is 1.70. The summed E-state index contributed by atoms with van der Waals surface area (Å²) in [6.45, 7) is 4.71. The highest BCUT2D eigenvalue weighted by atomic mass is 35.5. The molecule has 4 nitrogen and oxygen atoms in total. The molecule has 0 spiro atoms. The molecule has 1 N–H and O–H groups in total. The third-order valence-electron chi connectivity index (χ3n) is 2.68. The number of carbonyl (C=O) groups is 1. The van der Waals surface area contributed by atoms with Gasteiger partial charge in [-0.25, -0.2) is 0 Å². The lowest BCUT2D eigenvalue weighted by Gasteiger charge is -2.12. The quantitative estimate of drug-likeness (QED) is 0.764. The number of nitrogens with one attached hydrogen (secondary N) is 1. The smallest absolute Gasteiger partial charge is 0.244 e. The van der Waals surface area contributed by atoms with E-state index in [0.717, 1.165) is 13.0 Å². The zero-order valence-corrected chi connectivity index (χ0v) is 11.2. The van der Waals surface area contributed by atoms with Gasteiger partial charge < -0.3 is 5.32 Å². The predicted octanol–water partition coefficient (Wildman–Crippen LogP) is 2.79. The highest BCUT2D eigenvalue weighted by molar-refractivity contribution is 6.30. The minimum absolute atomic E-state index is 0.0127. The molecule has 1 amide bonds. The highest BCUT2D eigenvalue weighted by Crippen LogP contribution is 2.10. The maximum absolute atomic E-state index is 11.8. The van der Waals surface area contributed by atoms with Crippen LogP contribution in [0.4, 0.5) is 0 Å². The van der Waals surface area contributed by atoms with Crippen molar-refractivity contribution < 1.29 is 4.79 Å². The highest BCUT2D eigenvalue weighted by Gasteiger charge is 2.14. The lowest BCUT2D eigenvalue weighted by Crippen LogP contribution is -2.31. The van der Waals surface area contributed by atoms with E-state index < -0.39 is 0 Å². The molecule has 1 aromatic rings. The first-order chi connectivity index (χ1) is 8.15. The van der Waals surface area contributed by atoms with Gasteiger partial charge in [-0.3, -0.25) is 9.48 Å². The van der Waals surface area contributed by atoms with Gasteiger partial charge in [0.2, 0.25) is 5.91 Å². The number of hydrogen-bond acceptors (Lipinski definition) is 2. The van der Waals surface area contributed by atoms with Crippen LogP contribution in [0.3, 0.4) is 0 Å². The van der Waals surface area contributed by atoms with Gasteiger partial charge in [0.05, 0.1) is 11.2 Å². The van der Waals surface area contributed by atoms with Crippen LogP contribution in [0.25, 0.3) is 0 Å². The number of unbranched alkanes of at least 4 members (excludes halogenated alkanes) is 3. The van der Waals surface area contributed by atoms with Gasteiger partial charge >= 0.3 is 0 Å². The normalized spacial score (nSPS) is 12.4. The molecule has 5 heteroatoms. The van der Waals surface area contributed by atoms with Crippen molar-refractivity contribution in [1.82, 2.24) is 15.1 Å². The van der Waals surface area contributed by atoms with Gasteiger partial charge in [0.1, 0.15) is 6.04 Å². The lowest BCUT2D eigenvalue weighted by molar-refractivity contribution is -0.124. The Balaban J connectivity index is 2.28. The molecule has 0 saturated carbocycles. The molecule has 0 bridgehead atoms. The maximum Gasteiger partial charge on any atom is 0.244 e. The SMILES string of the molecule is CCCCCCNC(=O)C(C)n1cc(Cl)cn1. The van der Waals surface area contributed by atoms with E-state index in [9.17, 15) is 4.79 Å². The monoisotopic (exact) mass is 257 g/mol. The summed E-state index contributed by atoms with van der Waals surface area (Å²) in [5.74, 6) is -0.0127. The van der Waals surface area contributed by atoms with Crippen LogP contribution in [0, 0.1) is 0 Å². The van der Waals surface area contributed by atoms with Gasteiger partial charge in [0, 0.05) is 12.7 Å². The molecule has 1 atom stereocenters. The van der Waals surface area contributed by atoms with E-state index in [1.807, 2.05) is 6.92 Å². The Morgan fingerprint density at radius 3 is 2.88 bits per heavy atom. The van der Waals surface area contributed by atoms with Crippen LogP contribution in [-0.2, 0) is 4.79 Å². The van der Waals surface area contributed by atoms with Crippen LogP contribution < -0.4 is 5.32 Å². The number of carbonyl (C=O) groups excluding carboxylic acids is 1. The molecule has 0 aromatic carbocycles. The molecule has 0 aliphatic rings. The van der Waals surface area contributed by atoms with Crippen molar-refractivity contribution in [3.63, 3.8) is 0 Å². The summed E-state index contributed by atoms with van der Waals surface area (Å²) in [5.41, 5.74) is 0. The maximum atomic E-state index is 11.8. The Morgan fingerprint density at radius 1 is 1.53 bits per heavy atom. The average molecular weight is 258 g/mol. The number of rotatable bonds is 7. The second-order valence-corrected chi connectivity index (χ2v) is 4.60. The number of aromatic nitrogens is 2. The summed E-state index contributed by atoms with van der Waals surface area (Å²) < 4.78 is 1.57. The lowest BCUT2D eigenvalue weighted by atomic mass is 10.2. The average Bonchev–Trinajstić information content (AvgIpc) is 2.74. The summed E-state index contributed by atoms with van der Waals surface area (Å²) in [6.07, 6.45) is 7.82. The van der Waals surface area contributed by atoms with Gasteiger partial charge in [-0.2, -0.15) is 5.10 Å². The van der Waals surface area contributed by atoms with Crippen molar-refractivity contribution in [2.75, 3.05) is 6.54 Å². The number of amides is 1. The first-order valence-electron chi connectivity index (χ1n) is 6.12. The van der Waals surface area contributed by atoms with Crippen molar-refractivity contribution in [1.29, 1.82) is 0 Å². The van der Waals surface area contributed by atoms with Gasteiger partial charge in [0.15, 0.2) is 0 Å². The van der Waals surface area contributed by atoms with E-state index in [1.165, 1.54) is 25.5 Å². The zero-order valence-electron chi connectivity index (χ0n) is 10.4. The summed E-state index contributed by atoms with van der Waals surface area (Å²) in [6, 6.07) is -0.311. The number of hydrogen-bond donors (Lipinski definition) is 1. The molecule has 0 fully saturated rings. The number of halogens is 1. The van der Waals surface area contributed by atoms with E-state index in [0.29, 0.717) is 5.02 Å². The summed E-state index contributed by atoms with van der Waals surface area (Å²) in [4.78, 5) is 11.8.